The summed E-state index contributed by atoms with van der Waals surface area (Å²) in [6.07, 6.45) is 2.63. The molecule has 2 heterocycles. The first-order chi connectivity index (χ1) is 11.6. The van der Waals surface area contributed by atoms with Crippen LogP contribution >= 0.6 is 0 Å². The van der Waals surface area contributed by atoms with E-state index >= 15 is 0 Å². The highest BCUT2D eigenvalue weighted by Crippen LogP contribution is 2.15. The van der Waals surface area contributed by atoms with Crippen LogP contribution in [-0.2, 0) is 0 Å². The molecule has 0 saturated carbocycles. The molecule has 2 unspecified atom stereocenters. The molecule has 0 radical (unpaired) electrons. The second-order valence-corrected chi connectivity index (χ2v) is 7.21. The summed E-state index contributed by atoms with van der Waals surface area (Å²) in [5, 5.41) is 6.96. The van der Waals surface area contributed by atoms with Crippen LogP contribution in [0.1, 0.15) is 33.6 Å². The maximum atomic E-state index is 4.84. The van der Waals surface area contributed by atoms with Crippen molar-refractivity contribution in [2.24, 2.45) is 4.99 Å². The number of hydrogen-bond acceptors (Lipinski definition) is 4. The first-order valence-electron chi connectivity index (χ1n) is 9.82. The van der Waals surface area contributed by atoms with Gasteiger partial charge in [0.15, 0.2) is 5.96 Å². The SMILES string of the molecule is CCNC(=NCC(C)N1CCN(C)CC1)NCC1CCCN1CC. The van der Waals surface area contributed by atoms with Crippen LogP contribution < -0.4 is 10.6 Å². The predicted octanol–water partition coefficient (Wildman–Crippen LogP) is 0.662. The number of rotatable bonds is 7. The first kappa shape index (κ1) is 19.5. The summed E-state index contributed by atoms with van der Waals surface area (Å²) in [4.78, 5) is 12.4. The molecule has 24 heavy (non-hydrogen) atoms. The Morgan fingerprint density at radius 2 is 1.88 bits per heavy atom. The van der Waals surface area contributed by atoms with Crippen LogP contribution in [0, 0.1) is 0 Å². The van der Waals surface area contributed by atoms with E-state index in [9.17, 15) is 0 Å². The van der Waals surface area contributed by atoms with Crippen molar-refractivity contribution in [2.45, 2.75) is 45.7 Å². The average Bonchev–Trinajstić information content (AvgIpc) is 3.05. The van der Waals surface area contributed by atoms with Crippen LogP contribution in [0.2, 0.25) is 0 Å². The number of hydrogen-bond donors (Lipinski definition) is 2. The summed E-state index contributed by atoms with van der Waals surface area (Å²) in [6, 6.07) is 1.17. The fourth-order valence-electron chi connectivity index (χ4n) is 3.70. The van der Waals surface area contributed by atoms with E-state index in [-0.39, 0.29) is 0 Å². The highest BCUT2D eigenvalue weighted by atomic mass is 15.3. The number of aliphatic imine (C=N–C) groups is 1. The summed E-state index contributed by atoms with van der Waals surface area (Å²) in [5.74, 6) is 0.974. The normalized spacial score (nSPS) is 25.8. The van der Waals surface area contributed by atoms with E-state index in [2.05, 4.69) is 53.2 Å². The number of likely N-dealkylation sites (tertiary alicyclic amines) is 1. The minimum Gasteiger partial charge on any atom is -0.357 e. The van der Waals surface area contributed by atoms with Crippen LogP contribution in [0.3, 0.4) is 0 Å². The summed E-state index contributed by atoms with van der Waals surface area (Å²) >= 11 is 0. The zero-order chi connectivity index (χ0) is 17.4. The lowest BCUT2D eigenvalue weighted by Gasteiger charge is -2.36. The van der Waals surface area contributed by atoms with Crippen LogP contribution in [0.25, 0.3) is 0 Å². The predicted molar refractivity (Wildman–Crippen MR) is 103 cm³/mol. The van der Waals surface area contributed by atoms with Crippen molar-refractivity contribution in [1.82, 2.24) is 25.3 Å². The Morgan fingerprint density at radius 1 is 1.12 bits per heavy atom. The molecule has 2 N–H and O–H groups in total. The van der Waals surface area contributed by atoms with Gasteiger partial charge in [-0.05, 0) is 46.8 Å². The zero-order valence-corrected chi connectivity index (χ0v) is 16.2. The minimum absolute atomic E-state index is 0.507. The molecule has 0 bridgehead atoms. The van der Waals surface area contributed by atoms with E-state index in [0.717, 1.165) is 45.2 Å². The van der Waals surface area contributed by atoms with Crippen LogP contribution in [0.15, 0.2) is 4.99 Å². The maximum absolute atomic E-state index is 4.84. The van der Waals surface area contributed by atoms with Crippen molar-refractivity contribution in [3.8, 4) is 0 Å². The van der Waals surface area contributed by atoms with Crippen molar-refractivity contribution >= 4 is 5.96 Å². The van der Waals surface area contributed by atoms with E-state index < -0.39 is 0 Å². The Balaban J connectivity index is 1.79. The number of nitrogens with one attached hydrogen (secondary N) is 2. The third kappa shape index (κ3) is 5.90. The number of guanidine groups is 1. The molecule has 2 fully saturated rings. The highest BCUT2D eigenvalue weighted by molar-refractivity contribution is 5.79. The van der Waals surface area contributed by atoms with E-state index in [4.69, 9.17) is 4.99 Å². The van der Waals surface area contributed by atoms with E-state index in [1.165, 1.54) is 32.5 Å². The Hall–Kier alpha value is -0.850. The van der Waals surface area contributed by atoms with Gasteiger partial charge in [-0.3, -0.25) is 14.8 Å². The Morgan fingerprint density at radius 3 is 2.54 bits per heavy atom. The Labute approximate surface area is 148 Å². The molecule has 2 aliphatic rings. The van der Waals surface area contributed by atoms with Gasteiger partial charge in [0.05, 0.1) is 6.54 Å². The van der Waals surface area contributed by atoms with Crippen molar-refractivity contribution < 1.29 is 0 Å². The van der Waals surface area contributed by atoms with E-state index in [1.807, 2.05) is 0 Å². The molecular weight excluding hydrogens is 300 g/mol. The lowest BCUT2D eigenvalue weighted by atomic mass is 10.2. The molecule has 6 nitrogen and oxygen atoms in total. The summed E-state index contributed by atoms with van der Waals surface area (Å²) in [6.45, 7) is 16.5. The Kier molecular flexibility index (Phi) is 8.29. The molecule has 0 aromatic rings. The molecule has 2 rings (SSSR count). The van der Waals surface area contributed by atoms with E-state index in [0.29, 0.717) is 12.1 Å². The van der Waals surface area contributed by atoms with Crippen LogP contribution in [0.5, 0.6) is 0 Å². The number of nitrogens with zero attached hydrogens (tertiary/aromatic N) is 4. The quantitative estimate of drug-likeness (QED) is 0.528. The van der Waals surface area contributed by atoms with Gasteiger partial charge in [-0.25, -0.2) is 0 Å². The van der Waals surface area contributed by atoms with Gasteiger partial charge in [-0.2, -0.15) is 0 Å². The monoisotopic (exact) mass is 338 g/mol. The van der Waals surface area contributed by atoms with Crippen molar-refractivity contribution in [2.75, 3.05) is 66.0 Å². The van der Waals surface area contributed by atoms with Crippen molar-refractivity contribution in [3.05, 3.63) is 0 Å². The number of likely N-dealkylation sites (N-methyl/N-ethyl adjacent to an activating group) is 2. The second-order valence-electron chi connectivity index (χ2n) is 7.21. The fraction of sp³-hybridized carbons (Fsp3) is 0.944. The fourth-order valence-corrected chi connectivity index (χ4v) is 3.70. The molecular formula is C18H38N6. The van der Waals surface area contributed by atoms with Gasteiger partial charge in [0.1, 0.15) is 0 Å². The van der Waals surface area contributed by atoms with Crippen molar-refractivity contribution in [3.63, 3.8) is 0 Å². The maximum Gasteiger partial charge on any atom is 0.191 e. The lowest BCUT2D eigenvalue weighted by molar-refractivity contribution is 0.122. The highest BCUT2D eigenvalue weighted by Gasteiger charge is 2.23. The third-order valence-corrected chi connectivity index (χ3v) is 5.43. The summed E-state index contributed by atoms with van der Waals surface area (Å²) in [7, 11) is 2.20. The molecule has 2 saturated heterocycles. The van der Waals surface area contributed by atoms with Gasteiger partial charge in [-0.1, -0.05) is 6.92 Å². The molecule has 0 aromatic heterocycles. The first-order valence-corrected chi connectivity index (χ1v) is 9.82. The van der Waals surface area contributed by atoms with Crippen LogP contribution in [-0.4, -0.2) is 98.7 Å². The van der Waals surface area contributed by atoms with Gasteiger partial charge >= 0.3 is 0 Å². The summed E-state index contributed by atoms with van der Waals surface area (Å²) in [5.41, 5.74) is 0. The molecule has 2 aliphatic heterocycles. The minimum atomic E-state index is 0.507. The zero-order valence-electron chi connectivity index (χ0n) is 16.2. The van der Waals surface area contributed by atoms with Gasteiger partial charge in [0.25, 0.3) is 0 Å². The molecule has 2 atom stereocenters. The molecule has 0 amide bonds. The van der Waals surface area contributed by atoms with Gasteiger partial charge in [-0.15, -0.1) is 0 Å². The Bertz CT molecular complexity index is 378. The lowest BCUT2D eigenvalue weighted by Crippen LogP contribution is -2.49. The van der Waals surface area contributed by atoms with Gasteiger partial charge < -0.3 is 15.5 Å². The van der Waals surface area contributed by atoms with Gasteiger partial charge in [0, 0.05) is 51.4 Å². The standard InChI is InChI=1S/C18H38N6/c1-5-19-18(21-15-17-8-7-9-23(17)6-2)20-14-16(3)24-12-10-22(4)11-13-24/h16-17H,5-15H2,1-4H3,(H2,19,20,21). The topological polar surface area (TPSA) is 46.1 Å². The molecule has 0 aromatic carbocycles. The smallest absolute Gasteiger partial charge is 0.191 e. The third-order valence-electron chi connectivity index (χ3n) is 5.43. The largest absolute Gasteiger partial charge is 0.357 e. The molecule has 0 aliphatic carbocycles. The summed E-state index contributed by atoms with van der Waals surface area (Å²) < 4.78 is 0. The number of piperazine rings is 1. The van der Waals surface area contributed by atoms with E-state index in [1.54, 1.807) is 0 Å². The second kappa shape index (κ2) is 10.2. The van der Waals surface area contributed by atoms with Crippen LogP contribution in [0.4, 0.5) is 0 Å². The molecule has 6 heteroatoms. The molecule has 0 spiro atoms. The van der Waals surface area contributed by atoms with Gasteiger partial charge in [0.2, 0.25) is 0 Å². The van der Waals surface area contributed by atoms with Crippen molar-refractivity contribution in [1.29, 1.82) is 0 Å². The average molecular weight is 339 g/mol. The molecule has 140 valence electrons.